The molecule has 80 valence electrons. The predicted molar refractivity (Wildman–Crippen MR) is 49.5 cm³/mol. The van der Waals surface area contributed by atoms with Crippen molar-refractivity contribution >= 4 is 11.9 Å². The second-order valence-corrected chi connectivity index (χ2v) is 4.63. The summed E-state index contributed by atoms with van der Waals surface area (Å²) in [5.41, 5.74) is -0.536. The molecule has 0 aromatic carbocycles. The number of cyclic esters (lactones) is 1. The molecule has 0 aromatic rings. The normalized spacial score (nSPS) is 27.3. The SMILES string of the molecule is CC1CC(=O)OC1C(=O)OC(C)(C)C. The third-order valence-electron chi connectivity index (χ3n) is 1.90. The van der Waals surface area contributed by atoms with E-state index in [2.05, 4.69) is 0 Å². The maximum atomic E-state index is 11.5. The van der Waals surface area contributed by atoms with Crippen LogP contribution in [0.15, 0.2) is 0 Å². The summed E-state index contributed by atoms with van der Waals surface area (Å²) in [7, 11) is 0. The van der Waals surface area contributed by atoms with E-state index in [0.29, 0.717) is 6.42 Å². The highest BCUT2D eigenvalue weighted by Crippen LogP contribution is 2.24. The molecule has 0 radical (unpaired) electrons. The Labute approximate surface area is 83.6 Å². The molecule has 4 heteroatoms. The summed E-state index contributed by atoms with van der Waals surface area (Å²) < 4.78 is 9.99. The number of carbonyl (C=O) groups excluding carboxylic acids is 2. The zero-order chi connectivity index (χ0) is 10.9. The second-order valence-electron chi connectivity index (χ2n) is 4.63. The molecule has 0 aromatic heterocycles. The summed E-state index contributed by atoms with van der Waals surface area (Å²) in [5, 5.41) is 0. The molecule has 1 rings (SSSR count). The largest absolute Gasteiger partial charge is 0.457 e. The van der Waals surface area contributed by atoms with Crippen molar-refractivity contribution in [1.29, 1.82) is 0 Å². The Bertz CT molecular complexity index is 251. The Morgan fingerprint density at radius 3 is 2.43 bits per heavy atom. The molecular weight excluding hydrogens is 184 g/mol. The molecule has 1 fully saturated rings. The third kappa shape index (κ3) is 2.72. The summed E-state index contributed by atoms with van der Waals surface area (Å²) in [4.78, 5) is 22.4. The van der Waals surface area contributed by atoms with Crippen LogP contribution in [0.5, 0.6) is 0 Å². The van der Waals surface area contributed by atoms with Crippen molar-refractivity contribution in [1.82, 2.24) is 0 Å². The lowest BCUT2D eigenvalue weighted by Gasteiger charge is -2.22. The minimum Gasteiger partial charge on any atom is -0.457 e. The van der Waals surface area contributed by atoms with Crippen LogP contribution in [0.1, 0.15) is 34.1 Å². The lowest BCUT2D eigenvalue weighted by atomic mass is 10.0. The molecule has 1 aliphatic rings. The lowest BCUT2D eigenvalue weighted by Crippen LogP contribution is -2.34. The fourth-order valence-electron chi connectivity index (χ4n) is 1.32. The van der Waals surface area contributed by atoms with Crippen molar-refractivity contribution in [3.63, 3.8) is 0 Å². The molecule has 0 saturated carbocycles. The number of rotatable bonds is 1. The van der Waals surface area contributed by atoms with Gasteiger partial charge in [-0.15, -0.1) is 0 Å². The minimum atomic E-state index is -0.721. The van der Waals surface area contributed by atoms with Gasteiger partial charge in [-0.2, -0.15) is 0 Å². The average Bonchev–Trinajstić information content (AvgIpc) is 2.26. The van der Waals surface area contributed by atoms with Crippen LogP contribution in [-0.2, 0) is 19.1 Å². The van der Waals surface area contributed by atoms with Crippen molar-refractivity contribution in [2.75, 3.05) is 0 Å². The molecular formula is C10H16O4. The predicted octanol–water partition coefficient (Wildman–Crippen LogP) is 1.28. The van der Waals surface area contributed by atoms with Crippen molar-refractivity contribution in [2.24, 2.45) is 5.92 Å². The molecule has 14 heavy (non-hydrogen) atoms. The molecule has 0 N–H and O–H groups in total. The van der Waals surface area contributed by atoms with Crippen molar-refractivity contribution in [3.05, 3.63) is 0 Å². The van der Waals surface area contributed by atoms with Gasteiger partial charge in [-0.25, -0.2) is 4.79 Å². The maximum Gasteiger partial charge on any atom is 0.348 e. The molecule has 0 aliphatic carbocycles. The number of carbonyl (C=O) groups is 2. The van der Waals surface area contributed by atoms with E-state index < -0.39 is 17.7 Å². The highest BCUT2D eigenvalue weighted by Gasteiger charge is 2.39. The fraction of sp³-hybridized carbons (Fsp3) is 0.800. The van der Waals surface area contributed by atoms with E-state index in [-0.39, 0.29) is 11.9 Å². The topological polar surface area (TPSA) is 52.6 Å². The molecule has 2 unspecified atom stereocenters. The van der Waals surface area contributed by atoms with E-state index in [4.69, 9.17) is 9.47 Å². The zero-order valence-corrected chi connectivity index (χ0v) is 8.99. The van der Waals surface area contributed by atoms with Crippen molar-refractivity contribution in [2.45, 2.75) is 45.8 Å². The van der Waals surface area contributed by atoms with Gasteiger partial charge in [-0.3, -0.25) is 4.79 Å². The Morgan fingerprint density at radius 2 is 2.07 bits per heavy atom. The smallest absolute Gasteiger partial charge is 0.348 e. The highest BCUT2D eigenvalue weighted by molar-refractivity contribution is 5.83. The van der Waals surface area contributed by atoms with Crippen LogP contribution in [-0.4, -0.2) is 23.6 Å². The van der Waals surface area contributed by atoms with Gasteiger partial charge in [0, 0.05) is 5.92 Å². The van der Waals surface area contributed by atoms with Gasteiger partial charge in [0.1, 0.15) is 5.60 Å². The van der Waals surface area contributed by atoms with Crippen LogP contribution in [0, 0.1) is 5.92 Å². The molecule has 0 amide bonds. The molecule has 0 bridgehead atoms. The monoisotopic (exact) mass is 200 g/mol. The standard InChI is InChI=1S/C10H16O4/c1-6-5-7(11)13-8(6)9(12)14-10(2,3)4/h6,8H,5H2,1-4H3. The third-order valence-corrected chi connectivity index (χ3v) is 1.90. The molecule has 0 spiro atoms. The van der Waals surface area contributed by atoms with E-state index in [9.17, 15) is 9.59 Å². The van der Waals surface area contributed by atoms with Gasteiger partial charge in [0.15, 0.2) is 0 Å². The van der Waals surface area contributed by atoms with Crippen LogP contribution in [0.4, 0.5) is 0 Å². The first-order chi connectivity index (χ1) is 6.29. The average molecular weight is 200 g/mol. The van der Waals surface area contributed by atoms with Crippen LogP contribution >= 0.6 is 0 Å². The van der Waals surface area contributed by atoms with Crippen LogP contribution in [0.3, 0.4) is 0 Å². The Kier molecular flexibility index (Phi) is 2.83. The second kappa shape index (κ2) is 3.59. The van der Waals surface area contributed by atoms with E-state index in [1.54, 1.807) is 27.7 Å². The molecule has 1 saturated heterocycles. The minimum absolute atomic E-state index is 0.0858. The number of ether oxygens (including phenoxy) is 2. The molecule has 2 atom stereocenters. The van der Waals surface area contributed by atoms with E-state index in [0.717, 1.165) is 0 Å². The summed E-state index contributed by atoms with van der Waals surface area (Å²) in [6, 6.07) is 0. The number of esters is 2. The Hall–Kier alpha value is -1.06. The Morgan fingerprint density at radius 1 is 1.50 bits per heavy atom. The van der Waals surface area contributed by atoms with Crippen molar-refractivity contribution < 1.29 is 19.1 Å². The molecule has 4 nitrogen and oxygen atoms in total. The van der Waals surface area contributed by atoms with Gasteiger partial charge in [-0.1, -0.05) is 6.92 Å². The first-order valence-electron chi connectivity index (χ1n) is 4.72. The van der Waals surface area contributed by atoms with Gasteiger partial charge >= 0.3 is 11.9 Å². The number of hydrogen-bond donors (Lipinski definition) is 0. The molecule has 1 heterocycles. The van der Waals surface area contributed by atoms with Crippen LogP contribution < -0.4 is 0 Å². The van der Waals surface area contributed by atoms with Crippen LogP contribution in [0.25, 0.3) is 0 Å². The van der Waals surface area contributed by atoms with Gasteiger partial charge in [0.2, 0.25) is 6.10 Å². The van der Waals surface area contributed by atoms with Gasteiger partial charge in [-0.05, 0) is 20.8 Å². The summed E-state index contributed by atoms with van der Waals surface area (Å²) >= 11 is 0. The van der Waals surface area contributed by atoms with E-state index in [1.165, 1.54) is 0 Å². The first-order valence-corrected chi connectivity index (χ1v) is 4.72. The summed E-state index contributed by atoms with van der Waals surface area (Å²) in [6.45, 7) is 7.16. The van der Waals surface area contributed by atoms with Gasteiger partial charge in [0.25, 0.3) is 0 Å². The van der Waals surface area contributed by atoms with Gasteiger partial charge < -0.3 is 9.47 Å². The number of hydrogen-bond acceptors (Lipinski definition) is 4. The summed E-state index contributed by atoms with van der Waals surface area (Å²) in [5.74, 6) is -0.860. The molecule has 1 aliphatic heterocycles. The van der Waals surface area contributed by atoms with E-state index in [1.807, 2.05) is 0 Å². The van der Waals surface area contributed by atoms with Crippen LogP contribution in [0.2, 0.25) is 0 Å². The zero-order valence-electron chi connectivity index (χ0n) is 8.99. The first kappa shape index (κ1) is 11.0. The van der Waals surface area contributed by atoms with Gasteiger partial charge in [0.05, 0.1) is 6.42 Å². The lowest BCUT2D eigenvalue weighted by molar-refractivity contribution is -0.171. The van der Waals surface area contributed by atoms with Crippen molar-refractivity contribution in [3.8, 4) is 0 Å². The maximum absolute atomic E-state index is 11.5. The quantitative estimate of drug-likeness (QED) is 0.598. The highest BCUT2D eigenvalue weighted by atomic mass is 16.6. The van der Waals surface area contributed by atoms with E-state index >= 15 is 0 Å². The summed E-state index contributed by atoms with van der Waals surface area (Å²) in [6.07, 6.45) is -0.425. The fourth-order valence-corrected chi connectivity index (χ4v) is 1.32. The Balaban J connectivity index is 2.58.